The molecule has 2 aromatic rings. The molecule has 0 bridgehead atoms. The zero-order valence-corrected chi connectivity index (χ0v) is 11.5. The number of carbonyl (C=O) groups is 1. The standard InChI is InChI=1S/C11H10BrClN4O/c12-6-2-1-5(3-7(6)13)4-8-9(11(15)18)10(14)17-16-8/h1-3H,4H2,(H2,15,18)(H3,14,16,17). The number of nitrogen functional groups attached to an aromatic ring is 1. The third kappa shape index (κ3) is 2.49. The third-order valence-electron chi connectivity index (χ3n) is 2.48. The van der Waals surface area contributed by atoms with Gasteiger partial charge in [0.05, 0.1) is 10.7 Å². The van der Waals surface area contributed by atoms with Crippen molar-refractivity contribution in [2.75, 3.05) is 5.73 Å². The Morgan fingerprint density at radius 2 is 2.22 bits per heavy atom. The van der Waals surface area contributed by atoms with Crippen LogP contribution in [-0.4, -0.2) is 16.1 Å². The number of aromatic amines is 1. The van der Waals surface area contributed by atoms with E-state index in [2.05, 4.69) is 26.1 Å². The zero-order chi connectivity index (χ0) is 13.3. The molecular weight excluding hydrogens is 320 g/mol. The van der Waals surface area contributed by atoms with E-state index in [-0.39, 0.29) is 11.4 Å². The van der Waals surface area contributed by atoms with Gasteiger partial charge in [-0.15, -0.1) is 0 Å². The number of rotatable bonds is 3. The lowest BCUT2D eigenvalue weighted by Gasteiger charge is -2.03. The number of nitrogens with zero attached hydrogens (tertiary/aromatic N) is 1. The van der Waals surface area contributed by atoms with Crippen LogP contribution in [0.2, 0.25) is 5.02 Å². The van der Waals surface area contributed by atoms with Crippen LogP contribution in [0.3, 0.4) is 0 Å². The Hall–Kier alpha value is -1.53. The molecule has 2 rings (SSSR count). The highest BCUT2D eigenvalue weighted by atomic mass is 79.9. The van der Waals surface area contributed by atoms with E-state index in [1.165, 1.54) is 0 Å². The van der Waals surface area contributed by atoms with E-state index in [1.807, 2.05) is 12.1 Å². The molecule has 94 valence electrons. The first-order valence-corrected chi connectivity index (χ1v) is 6.22. The maximum atomic E-state index is 11.3. The molecule has 0 aliphatic rings. The molecule has 7 heteroatoms. The molecular formula is C11H10BrClN4O. The van der Waals surface area contributed by atoms with E-state index in [1.54, 1.807) is 6.07 Å². The van der Waals surface area contributed by atoms with Crippen LogP contribution in [0.15, 0.2) is 22.7 Å². The Morgan fingerprint density at radius 3 is 2.83 bits per heavy atom. The Balaban J connectivity index is 2.34. The van der Waals surface area contributed by atoms with Gasteiger partial charge in [0.15, 0.2) is 5.82 Å². The lowest BCUT2D eigenvalue weighted by molar-refractivity contribution is 0.100. The molecule has 5 nitrogen and oxygen atoms in total. The molecule has 0 fully saturated rings. The minimum atomic E-state index is -0.598. The normalized spacial score (nSPS) is 10.6. The van der Waals surface area contributed by atoms with E-state index in [0.29, 0.717) is 17.1 Å². The highest BCUT2D eigenvalue weighted by molar-refractivity contribution is 9.10. The summed E-state index contributed by atoms with van der Waals surface area (Å²) in [4.78, 5) is 11.3. The first-order valence-electron chi connectivity index (χ1n) is 5.05. The summed E-state index contributed by atoms with van der Waals surface area (Å²) in [5.74, 6) is -0.486. The summed E-state index contributed by atoms with van der Waals surface area (Å²) < 4.78 is 0.812. The van der Waals surface area contributed by atoms with Gasteiger partial charge in [-0.25, -0.2) is 0 Å². The molecule has 0 radical (unpaired) electrons. The van der Waals surface area contributed by atoms with Gasteiger partial charge in [-0.2, -0.15) is 5.10 Å². The van der Waals surface area contributed by atoms with Gasteiger partial charge in [0.1, 0.15) is 5.56 Å². The van der Waals surface area contributed by atoms with Gasteiger partial charge < -0.3 is 11.5 Å². The molecule has 1 aromatic carbocycles. The first-order chi connectivity index (χ1) is 8.49. The number of H-pyrrole nitrogens is 1. The summed E-state index contributed by atoms with van der Waals surface area (Å²) in [6.07, 6.45) is 0.454. The fourth-order valence-electron chi connectivity index (χ4n) is 1.65. The Bertz CT molecular complexity index is 611. The summed E-state index contributed by atoms with van der Waals surface area (Å²) in [5.41, 5.74) is 12.6. The van der Waals surface area contributed by atoms with Crippen molar-refractivity contribution in [3.63, 3.8) is 0 Å². The second-order valence-corrected chi connectivity index (χ2v) is 5.01. The summed E-state index contributed by atoms with van der Waals surface area (Å²) in [5, 5.41) is 7.09. The van der Waals surface area contributed by atoms with Gasteiger partial charge in [0.25, 0.3) is 5.91 Å². The van der Waals surface area contributed by atoms with Crippen LogP contribution in [0, 0.1) is 0 Å². The number of amides is 1. The molecule has 0 aliphatic heterocycles. The summed E-state index contributed by atoms with van der Waals surface area (Å²) >= 11 is 9.31. The minimum absolute atomic E-state index is 0.112. The molecule has 0 saturated heterocycles. The van der Waals surface area contributed by atoms with Crippen molar-refractivity contribution in [1.29, 1.82) is 0 Å². The fraction of sp³-hybridized carbons (Fsp3) is 0.0909. The smallest absolute Gasteiger partial charge is 0.254 e. The number of aromatic nitrogens is 2. The van der Waals surface area contributed by atoms with E-state index in [9.17, 15) is 4.79 Å². The van der Waals surface area contributed by atoms with Gasteiger partial charge in [-0.3, -0.25) is 9.89 Å². The zero-order valence-electron chi connectivity index (χ0n) is 9.21. The number of nitrogens with two attached hydrogens (primary N) is 2. The number of primary amides is 1. The SMILES string of the molecule is NC(=O)c1c(N)n[nH]c1Cc1ccc(Br)c(Cl)c1. The van der Waals surface area contributed by atoms with Gasteiger partial charge >= 0.3 is 0 Å². The van der Waals surface area contributed by atoms with Crippen molar-refractivity contribution in [2.24, 2.45) is 5.73 Å². The number of hydrogen-bond acceptors (Lipinski definition) is 3. The monoisotopic (exact) mass is 328 g/mol. The highest BCUT2D eigenvalue weighted by Gasteiger charge is 2.16. The molecule has 1 aromatic heterocycles. The summed E-state index contributed by atoms with van der Waals surface area (Å²) in [7, 11) is 0. The largest absolute Gasteiger partial charge is 0.382 e. The Morgan fingerprint density at radius 1 is 1.50 bits per heavy atom. The van der Waals surface area contributed by atoms with Crippen LogP contribution in [0.4, 0.5) is 5.82 Å². The molecule has 0 atom stereocenters. The first kappa shape index (κ1) is 12.9. The topological polar surface area (TPSA) is 97.8 Å². The van der Waals surface area contributed by atoms with Crippen molar-refractivity contribution < 1.29 is 4.79 Å². The predicted molar refractivity (Wildman–Crippen MR) is 73.5 cm³/mol. The van der Waals surface area contributed by atoms with Crippen molar-refractivity contribution >= 4 is 39.3 Å². The summed E-state index contributed by atoms with van der Waals surface area (Å²) in [6.45, 7) is 0. The number of halogens is 2. The second-order valence-electron chi connectivity index (χ2n) is 3.75. The number of benzene rings is 1. The number of anilines is 1. The molecule has 1 amide bonds. The van der Waals surface area contributed by atoms with Crippen molar-refractivity contribution in [3.05, 3.63) is 44.5 Å². The van der Waals surface area contributed by atoms with Gasteiger partial charge in [0.2, 0.25) is 0 Å². The lowest BCUT2D eigenvalue weighted by Crippen LogP contribution is -2.14. The Kier molecular flexibility index (Phi) is 3.58. The maximum absolute atomic E-state index is 11.3. The van der Waals surface area contributed by atoms with E-state index in [4.69, 9.17) is 23.1 Å². The fourth-order valence-corrected chi connectivity index (χ4v) is 2.10. The average molecular weight is 330 g/mol. The van der Waals surface area contributed by atoms with E-state index in [0.717, 1.165) is 10.0 Å². The third-order valence-corrected chi connectivity index (χ3v) is 3.71. The molecule has 0 aliphatic carbocycles. The molecule has 0 spiro atoms. The van der Waals surface area contributed by atoms with Crippen molar-refractivity contribution in [1.82, 2.24) is 10.2 Å². The van der Waals surface area contributed by atoms with Gasteiger partial charge in [-0.05, 0) is 33.6 Å². The molecule has 18 heavy (non-hydrogen) atoms. The quantitative estimate of drug-likeness (QED) is 0.804. The van der Waals surface area contributed by atoms with E-state index < -0.39 is 5.91 Å². The highest BCUT2D eigenvalue weighted by Crippen LogP contribution is 2.25. The summed E-state index contributed by atoms with van der Waals surface area (Å²) in [6, 6.07) is 5.52. The lowest BCUT2D eigenvalue weighted by atomic mass is 10.1. The number of nitrogens with one attached hydrogen (secondary N) is 1. The van der Waals surface area contributed by atoms with Gasteiger partial charge in [0, 0.05) is 10.9 Å². The number of carbonyl (C=O) groups excluding carboxylic acids is 1. The van der Waals surface area contributed by atoms with Crippen LogP contribution < -0.4 is 11.5 Å². The van der Waals surface area contributed by atoms with Crippen LogP contribution in [0.25, 0.3) is 0 Å². The van der Waals surface area contributed by atoms with E-state index >= 15 is 0 Å². The van der Waals surface area contributed by atoms with Crippen LogP contribution in [0.1, 0.15) is 21.6 Å². The molecule has 5 N–H and O–H groups in total. The predicted octanol–water partition coefficient (Wildman–Crippen LogP) is 2.10. The van der Waals surface area contributed by atoms with Crippen LogP contribution in [0.5, 0.6) is 0 Å². The van der Waals surface area contributed by atoms with Crippen LogP contribution >= 0.6 is 27.5 Å². The molecule has 1 heterocycles. The molecule has 0 saturated carbocycles. The maximum Gasteiger partial charge on any atom is 0.254 e. The van der Waals surface area contributed by atoms with Gasteiger partial charge in [-0.1, -0.05) is 17.7 Å². The number of hydrogen-bond donors (Lipinski definition) is 3. The Labute approximate surface area is 117 Å². The van der Waals surface area contributed by atoms with Crippen molar-refractivity contribution in [2.45, 2.75) is 6.42 Å². The van der Waals surface area contributed by atoms with Crippen LogP contribution in [-0.2, 0) is 6.42 Å². The molecule has 0 unspecified atom stereocenters. The second kappa shape index (κ2) is 4.99. The van der Waals surface area contributed by atoms with Crippen molar-refractivity contribution in [3.8, 4) is 0 Å². The minimum Gasteiger partial charge on any atom is -0.382 e. The average Bonchev–Trinajstić information content (AvgIpc) is 2.65.